The summed E-state index contributed by atoms with van der Waals surface area (Å²) in [6.45, 7) is 10.1. The summed E-state index contributed by atoms with van der Waals surface area (Å²) in [5.41, 5.74) is 2.17. The first-order chi connectivity index (χ1) is 11.1. The molecule has 0 aliphatic heterocycles. The van der Waals surface area contributed by atoms with Crippen molar-refractivity contribution in [1.29, 1.82) is 0 Å². The van der Waals surface area contributed by atoms with Crippen molar-refractivity contribution < 1.29 is 0 Å². The third-order valence-electron chi connectivity index (χ3n) is 3.70. The van der Waals surface area contributed by atoms with Gasteiger partial charge < -0.3 is 10.6 Å². The van der Waals surface area contributed by atoms with Crippen LogP contribution in [-0.2, 0) is 6.54 Å². The van der Waals surface area contributed by atoms with Crippen LogP contribution < -0.4 is 10.6 Å². The van der Waals surface area contributed by atoms with Gasteiger partial charge in [0.25, 0.3) is 0 Å². The van der Waals surface area contributed by atoms with Gasteiger partial charge in [-0.2, -0.15) is 0 Å². The van der Waals surface area contributed by atoms with Gasteiger partial charge in [0.2, 0.25) is 0 Å². The molecule has 1 aromatic carbocycles. The van der Waals surface area contributed by atoms with Gasteiger partial charge in [-0.3, -0.25) is 0 Å². The molecule has 6 heteroatoms. The second-order valence-electron chi connectivity index (χ2n) is 5.86. The van der Waals surface area contributed by atoms with Crippen LogP contribution >= 0.6 is 35.3 Å². The first-order valence-corrected chi connectivity index (χ1v) is 9.02. The Morgan fingerprint density at radius 1 is 1.21 bits per heavy atom. The van der Waals surface area contributed by atoms with E-state index in [0.29, 0.717) is 18.5 Å². The number of nitrogens with zero attached hydrogens (tertiary/aromatic N) is 2. The molecule has 1 aromatic heterocycles. The average Bonchev–Trinajstić information content (AvgIpc) is 3.02. The van der Waals surface area contributed by atoms with E-state index in [9.17, 15) is 0 Å². The quantitative estimate of drug-likeness (QED) is 0.380. The molecule has 0 saturated heterocycles. The molecule has 0 aliphatic rings. The molecule has 2 aromatic rings. The van der Waals surface area contributed by atoms with Crippen molar-refractivity contribution in [2.24, 2.45) is 10.9 Å². The van der Waals surface area contributed by atoms with E-state index in [2.05, 4.69) is 65.8 Å². The number of aromatic nitrogens is 1. The van der Waals surface area contributed by atoms with E-state index >= 15 is 0 Å². The second-order valence-corrected chi connectivity index (χ2v) is 6.81. The van der Waals surface area contributed by atoms with Crippen LogP contribution in [0, 0.1) is 5.92 Å². The molecule has 0 bridgehead atoms. The lowest BCUT2D eigenvalue weighted by Gasteiger charge is -2.20. The van der Waals surface area contributed by atoms with E-state index in [-0.39, 0.29) is 24.0 Å². The van der Waals surface area contributed by atoms with Crippen molar-refractivity contribution >= 4 is 41.3 Å². The second kappa shape index (κ2) is 10.7. The van der Waals surface area contributed by atoms with E-state index in [1.807, 2.05) is 18.2 Å². The Hall–Kier alpha value is -1.15. The van der Waals surface area contributed by atoms with Gasteiger partial charge in [0.15, 0.2) is 5.96 Å². The number of nitrogens with one attached hydrogen (secondary N) is 2. The van der Waals surface area contributed by atoms with E-state index in [1.165, 1.54) is 0 Å². The molecule has 0 amide bonds. The van der Waals surface area contributed by atoms with Crippen LogP contribution in [0.2, 0.25) is 0 Å². The Bertz CT molecular complexity index is 625. The molecule has 0 spiro atoms. The van der Waals surface area contributed by atoms with Gasteiger partial charge >= 0.3 is 0 Å². The maximum Gasteiger partial charge on any atom is 0.191 e. The Balaban J connectivity index is 0.00000288. The lowest BCUT2D eigenvalue weighted by atomic mass is 10.1. The summed E-state index contributed by atoms with van der Waals surface area (Å²) in [5.74, 6) is 1.41. The molecule has 1 heterocycles. The van der Waals surface area contributed by atoms with Gasteiger partial charge in [-0.1, -0.05) is 44.2 Å². The number of benzene rings is 1. The molecule has 24 heavy (non-hydrogen) atoms. The summed E-state index contributed by atoms with van der Waals surface area (Å²) in [7, 11) is 0. The van der Waals surface area contributed by atoms with Crippen LogP contribution in [0.15, 0.2) is 40.7 Å². The maximum atomic E-state index is 4.68. The van der Waals surface area contributed by atoms with Crippen LogP contribution in [0.25, 0.3) is 11.3 Å². The highest BCUT2D eigenvalue weighted by Crippen LogP contribution is 2.21. The van der Waals surface area contributed by atoms with Gasteiger partial charge in [0.1, 0.15) is 5.01 Å². The first-order valence-electron chi connectivity index (χ1n) is 8.14. The minimum absolute atomic E-state index is 0. The van der Waals surface area contributed by atoms with Gasteiger partial charge in [-0.05, 0) is 19.8 Å². The third kappa shape index (κ3) is 6.39. The minimum atomic E-state index is 0. The fourth-order valence-electron chi connectivity index (χ4n) is 1.97. The first kappa shape index (κ1) is 20.9. The highest BCUT2D eigenvalue weighted by molar-refractivity contribution is 14.0. The number of aliphatic imine (C=N–C) groups is 1. The number of hydrogen-bond donors (Lipinski definition) is 2. The number of halogens is 1. The van der Waals surface area contributed by atoms with Gasteiger partial charge in [-0.25, -0.2) is 9.98 Å². The van der Waals surface area contributed by atoms with Crippen molar-refractivity contribution in [2.75, 3.05) is 6.54 Å². The summed E-state index contributed by atoms with van der Waals surface area (Å²) in [6, 6.07) is 10.6. The van der Waals surface area contributed by atoms with Crippen LogP contribution in [0.5, 0.6) is 0 Å². The summed E-state index contributed by atoms with van der Waals surface area (Å²) in [5, 5.41) is 9.86. The summed E-state index contributed by atoms with van der Waals surface area (Å²) in [4.78, 5) is 9.34. The van der Waals surface area contributed by atoms with Crippen molar-refractivity contribution in [3.63, 3.8) is 0 Å². The van der Waals surface area contributed by atoms with Gasteiger partial charge in [-0.15, -0.1) is 35.3 Å². The number of hydrogen-bond acceptors (Lipinski definition) is 3. The van der Waals surface area contributed by atoms with Crippen molar-refractivity contribution in [2.45, 2.75) is 40.3 Å². The van der Waals surface area contributed by atoms with Gasteiger partial charge in [0, 0.05) is 23.5 Å². The number of rotatable bonds is 6. The van der Waals surface area contributed by atoms with Crippen LogP contribution in [0.4, 0.5) is 0 Å². The summed E-state index contributed by atoms with van der Waals surface area (Å²) >= 11 is 1.66. The van der Waals surface area contributed by atoms with Crippen LogP contribution in [0.1, 0.15) is 32.7 Å². The largest absolute Gasteiger partial charge is 0.357 e. The fourth-order valence-corrected chi connectivity index (χ4v) is 2.70. The van der Waals surface area contributed by atoms with Crippen molar-refractivity contribution in [3.8, 4) is 11.3 Å². The maximum absolute atomic E-state index is 4.68. The van der Waals surface area contributed by atoms with E-state index in [0.717, 1.165) is 28.8 Å². The van der Waals surface area contributed by atoms with Crippen molar-refractivity contribution in [1.82, 2.24) is 15.6 Å². The zero-order valence-electron chi connectivity index (χ0n) is 14.7. The lowest BCUT2D eigenvalue weighted by Crippen LogP contribution is -2.44. The van der Waals surface area contributed by atoms with E-state index in [1.54, 1.807) is 11.3 Å². The van der Waals surface area contributed by atoms with Crippen LogP contribution in [-0.4, -0.2) is 23.5 Å². The molecule has 0 saturated carbocycles. The molecule has 4 nitrogen and oxygen atoms in total. The molecule has 2 rings (SSSR count). The van der Waals surface area contributed by atoms with Crippen LogP contribution in [0.3, 0.4) is 0 Å². The predicted molar refractivity (Wildman–Crippen MR) is 115 cm³/mol. The smallest absolute Gasteiger partial charge is 0.191 e. The van der Waals surface area contributed by atoms with Crippen molar-refractivity contribution in [3.05, 3.63) is 40.7 Å². The lowest BCUT2D eigenvalue weighted by molar-refractivity contribution is 0.481. The molecule has 1 atom stereocenters. The number of guanidine groups is 1. The predicted octanol–water partition coefficient (Wildman–Crippen LogP) is 4.53. The fraction of sp³-hybridized carbons (Fsp3) is 0.444. The SMILES string of the molecule is CCNC(=NCc1nc(-c2ccccc2)cs1)NC(C)C(C)C.I. The molecule has 1 unspecified atom stereocenters. The molecule has 0 fully saturated rings. The molecule has 2 N–H and O–H groups in total. The monoisotopic (exact) mass is 458 g/mol. The normalized spacial score (nSPS) is 12.6. The zero-order valence-corrected chi connectivity index (χ0v) is 17.9. The Labute approximate surface area is 166 Å². The molecule has 0 radical (unpaired) electrons. The zero-order chi connectivity index (χ0) is 16.7. The molecule has 0 aliphatic carbocycles. The Kier molecular flexibility index (Phi) is 9.28. The van der Waals surface area contributed by atoms with E-state index < -0.39 is 0 Å². The Morgan fingerprint density at radius 3 is 2.54 bits per heavy atom. The summed E-state index contributed by atoms with van der Waals surface area (Å²) < 4.78 is 0. The summed E-state index contributed by atoms with van der Waals surface area (Å²) in [6.07, 6.45) is 0. The third-order valence-corrected chi connectivity index (χ3v) is 4.54. The van der Waals surface area contributed by atoms with Gasteiger partial charge in [0.05, 0.1) is 12.2 Å². The highest BCUT2D eigenvalue weighted by atomic mass is 127. The molecular weight excluding hydrogens is 431 g/mol. The standard InChI is InChI=1S/C18H26N4S.HI/c1-5-19-18(21-14(4)13(2)3)20-11-17-22-16(12-23-17)15-9-7-6-8-10-15;/h6-10,12-14H,5,11H2,1-4H3,(H2,19,20,21);1H. The average molecular weight is 458 g/mol. The molecular formula is C18H27IN4S. The topological polar surface area (TPSA) is 49.3 Å². The molecule has 132 valence electrons. The minimum Gasteiger partial charge on any atom is -0.357 e. The Morgan fingerprint density at radius 2 is 1.92 bits per heavy atom. The highest BCUT2D eigenvalue weighted by Gasteiger charge is 2.09. The number of thiazole rings is 1. The van der Waals surface area contributed by atoms with E-state index in [4.69, 9.17) is 0 Å².